The van der Waals surface area contributed by atoms with Crippen molar-refractivity contribution in [3.8, 4) is 0 Å². The number of rotatable bonds is 6. The maximum absolute atomic E-state index is 12.9. The fourth-order valence-electron chi connectivity index (χ4n) is 1.85. The molecule has 1 amide bonds. The highest BCUT2D eigenvalue weighted by Gasteiger charge is 2.20. The van der Waals surface area contributed by atoms with Crippen LogP contribution in [0.25, 0.3) is 0 Å². The van der Waals surface area contributed by atoms with Crippen molar-refractivity contribution >= 4 is 11.9 Å². The molecule has 1 aromatic rings. The number of nitrogens with zero attached hydrogens (tertiary/aromatic N) is 1. The minimum Gasteiger partial charge on any atom is -0.480 e. The Morgan fingerprint density at radius 3 is 2.24 bits per heavy atom. The summed E-state index contributed by atoms with van der Waals surface area (Å²) in [6.07, 6.45) is 0.989. The summed E-state index contributed by atoms with van der Waals surface area (Å²) in [7, 11) is 0. The van der Waals surface area contributed by atoms with Crippen LogP contribution in [-0.4, -0.2) is 28.4 Å². The molecule has 1 N–H and O–H groups in total. The summed E-state index contributed by atoms with van der Waals surface area (Å²) in [5.41, 5.74) is 0.724. The Bertz CT molecular complexity index is 491. The van der Waals surface area contributed by atoms with Crippen LogP contribution in [0.4, 0.5) is 4.39 Å². The number of halogens is 1. The summed E-state index contributed by atoms with van der Waals surface area (Å²) in [5.74, 6) is -1.61. The standard InChI is InChI=1S/C16H22FNO3/c1-16(2,3)9-8-14(19)18(11-15(20)21)10-12-4-6-13(17)7-5-12/h4-7H,8-11H2,1-3H3,(H,20,21). The zero-order valence-electron chi connectivity index (χ0n) is 12.7. The predicted octanol–water partition coefficient (Wildman–Crippen LogP) is 3.07. The molecule has 0 aliphatic heterocycles. The Labute approximate surface area is 124 Å². The van der Waals surface area contributed by atoms with Gasteiger partial charge in [-0.15, -0.1) is 0 Å². The molecule has 0 fully saturated rings. The number of hydrogen-bond donors (Lipinski definition) is 1. The van der Waals surface area contributed by atoms with Crippen LogP contribution in [-0.2, 0) is 16.1 Å². The fourth-order valence-corrected chi connectivity index (χ4v) is 1.85. The third-order valence-corrected chi connectivity index (χ3v) is 3.05. The molecule has 0 saturated heterocycles. The van der Waals surface area contributed by atoms with E-state index < -0.39 is 5.97 Å². The van der Waals surface area contributed by atoms with E-state index in [1.807, 2.05) is 20.8 Å². The largest absolute Gasteiger partial charge is 0.480 e. The molecule has 0 heterocycles. The molecule has 0 saturated carbocycles. The quantitative estimate of drug-likeness (QED) is 0.877. The van der Waals surface area contributed by atoms with Crippen LogP contribution >= 0.6 is 0 Å². The van der Waals surface area contributed by atoms with Crippen molar-refractivity contribution in [1.82, 2.24) is 4.90 Å². The highest BCUT2D eigenvalue weighted by molar-refractivity contribution is 5.81. The van der Waals surface area contributed by atoms with Crippen molar-refractivity contribution < 1.29 is 19.1 Å². The number of carboxylic acids is 1. The molecule has 0 unspecified atom stereocenters. The molecular weight excluding hydrogens is 273 g/mol. The lowest BCUT2D eigenvalue weighted by Gasteiger charge is -2.23. The molecule has 21 heavy (non-hydrogen) atoms. The minimum absolute atomic E-state index is 0.0143. The van der Waals surface area contributed by atoms with Gasteiger partial charge in [-0.05, 0) is 29.5 Å². The predicted molar refractivity (Wildman–Crippen MR) is 78.1 cm³/mol. The number of carbonyl (C=O) groups excluding carboxylic acids is 1. The first-order valence-corrected chi connectivity index (χ1v) is 6.91. The first-order valence-electron chi connectivity index (χ1n) is 6.91. The van der Waals surface area contributed by atoms with Crippen LogP contribution in [0.15, 0.2) is 24.3 Å². The number of carbonyl (C=O) groups is 2. The zero-order valence-corrected chi connectivity index (χ0v) is 12.7. The van der Waals surface area contributed by atoms with Gasteiger partial charge in [-0.3, -0.25) is 9.59 Å². The Hall–Kier alpha value is -1.91. The van der Waals surface area contributed by atoms with Gasteiger partial charge in [0.25, 0.3) is 0 Å². The summed E-state index contributed by atoms with van der Waals surface area (Å²) >= 11 is 0. The van der Waals surface area contributed by atoms with Crippen molar-refractivity contribution in [3.63, 3.8) is 0 Å². The molecule has 1 aromatic carbocycles. The highest BCUT2D eigenvalue weighted by atomic mass is 19.1. The first kappa shape index (κ1) is 17.1. The van der Waals surface area contributed by atoms with E-state index in [0.29, 0.717) is 18.4 Å². The van der Waals surface area contributed by atoms with Crippen molar-refractivity contribution in [1.29, 1.82) is 0 Å². The van der Waals surface area contributed by atoms with Gasteiger partial charge in [-0.25, -0.2) is 4.39 Å². The average molecular weight is 295 g/mol. The monoisotopic (exact) mass is 295 g/mol. The van der Waals surface area contributed by atoms with Crippen LogP contribution in [0.1, 0.15) is 39.2 Å². The number of aliphatic carboxylic acids is 1. The van der Waals surface area contributed by atoms with Gasteiger partial charge in [-0.2, -0.15) is 0 Å². The van der Waals surface area contributed by atoms with Crippen molar-refractivity contribution in [3.05, 3.63) is 35.6 Å². The normalized spacial score (nSPS) is 11.2. The summed E-state index contributed by atoms with van der Waals surface area (Å²) in [4.78, 5) is 24.4. The third kappa shape index (κ3) is 6.88. The van der Waals surface area contributed by atoms with Gasteiger partial charge in [0.1, 0.15) is 12.4 Å². The van der Waals surface area contributed by atoms with Gasteiger partial charge >= 0.3 is 5.97 Å². The Morgan fingerprint density at radius 2 is 1.76 bits per heavy atom. The molecule has 0 atom stereocenters. The average Bonchev–Trinajstić information content (AvgIpc) is 2.36. The molecule has 4 nitrogen and oxygen atoms in total. The molecule has 0 bridgehead atoms. The lowest BCUT2D eigenvalue weighted by molar-refractivity contribution is -0.145. The molecule has 0 radical (unpaired) electrons. The number of hydrogen-bond acceptors (Lipinski definition) is 2. The van der Waals surface area contributed by atoms with E-state index in [9.17, 15) is 14.0 Å². The van der Waals surface area contributed by atoms with Crippen LogP contribution in [0, 0.1) is 11.2 Å². The second-order valence-electron chi connectivity index (χ2n) is 6.33. The Morgan fingerprint density at radius 1 is 1.19 bits per heavy atom. The van der Waals surface area contributed by atoms with Gasteiger partial charge in [0.15, 0.2) is 0 Å². The molecule has 0 aliphatic rings. The molecule has 116 valence electrons. The van der Waals surface area contributed by atoms with Crippen molar-refractivity contribution in [2.75, 3.05) is 6.54 Å². The van der Waals surface area contributed by atoms with Gasteiger partial charge in [-0.1, -0.05) is 32.9 Å². The summed E-state index contributed by atoms with van der Waals surface area (Å²) < 4.78 is 12.9. The Balaban J connectivity index is 2.72. The van der Waals surface area contributed by atoms with E-state index in [0.717, 1.165) is 0 Å². The number of amides is 1. The number of benzene rings is 1. The van der Waals surface area contributed by atoms with Crippen LogP contribution in [0.5, 0.6) is 0 Å². The first-order chi connectivity index (χ1) is 9.67. The van der Waals surface area contributed by atoms with E-state index >= 15 is 0 Å². The smallest absolute Gasteiger partial charge is 0.323 e. The molecule has 1 rings (SSSR count). The summed E-state index contributed by atoms with van der Waals surface area (Å²) in [5, 5.41) is 8.93. The van der Waals surface area contributed by atoms with Crippen LogP contribution in [0.2, 0.25) is 0 Å². The third-order valence-electron chi connectivity index (χ3n) is 3.05. The molecule has 0 aromatic heterocycles. The summed E-state index contributed by atoms with van der Waals surface area (Å²) in [6.45, 7) is 5.92. The maximum atomic E-state index is 12.9. The van der Waals surface area contributed by atoms with E-state index in [1.165, 1.54) is 17.0 Å². The fraction of sp³-hybridized carbons (Fsp3) is 0.500. The van der Waals surface area contributed by atoms with E-state index in [1.54, 1.807) is 12.1 Å². The van der Waals surface area contributed by atoms with Gasteiger partial charge in [0.05, 0.1) is 0 Å². The summed E-state index contributed by atoms with van der Waals surface area (Å²) in [6, 6.07) is 5.71. The van der Waals surface area contributed by atoms with Gasteiger partial charge in [0.2, 0.25) is 5.91 Å². The Kier molecular flexibility index (Phi) is 5.88. The molecule has 0 aliphatic carbocycles. The van der Waals surface area contributed by atoms with Crippen molar-refractivity contribution in [2.24, 2.45) is 5.41 Å². The van der Waals surface area contributed by atoms with Crippen molar-refractivity contribution in [2.45, 2.75) is 40.2 Å². The lowest BCUT2D eigenvalue weighted by Crippen LogP contribution is -2.35. The SMILES string of the molecule is CC(C)(C)CCC(=O)N(CC(=O)O)Cc1ccc(F)cc1. The van der Waals surface area contributed by atoms with Crippen LogP contribution < -0.4 is 0 Å². The maximum Gasteiger partial charge on any atom is 0.323 e. The lowest BCUT2D eigenvalue weighted by atomic mass is 9.90. The zero-order chi connectivity index (χ0) is 16.0. The topological polar surface area (TPSA) is 57.6 Å². The van der Waals surface area contributed by atoms with E-state index in [4.69, 9.17) is 5.11 Å². The number of carboxylic acid groups (broad SMARTS) is 1. The van der Waals surface area contributed by atoms with E-state index in [-0.39, 0.29) is 30.2 Å². The van der Waals surface area contributed by atoms with E-state index in [2.05, 4.69) is 0 Å². The molecular formula is C16H22FNO3. The highest BCUT2D eigenvalue weighted by Crippen LogP contribution is 2.21. The minimum atomic E-state index is -1.05. The molecule has 0 spiro atoms. The van der Waals surface area contributed by atoms with Crippen LogP contribution in [0.3, 0.4) is 0 Å². The second-order valence-corrected chi connectivity index (χ2v) is 6.33. The molecule has 5 heteroatoms. The second kappa shape index (κ2) is 7.20. The van der Waals surface area contributed by atoms with Gasteiger partial charge in [0, 0.05) is 13.0 Å². The van der Waals surface area contributed by atoms with Gasteiger partial charge < -0.3 is 10.0 Å².